The summed E-state index contributed by atoms with van der Waals surface area (Å²) in [7, 11) is 0. The van der Waals surface area contributed by atoms with Crippen LogP contribution in [0.3, 0.4) is 0 Å². The minimum atomic E-state index is -0.124. The van der Waals surface area contributed by atoms with Crippen molar-refractivity contribution in [1.29, 1.82) is 0 Å². The van der Waals surface area contributed by atoms with Crippen molar-refractivity contribution >= 4 is 33.2 Å². The standard InChI is InChI=1S/C23H32N6OS/c1-15(2)20(30)27-10-12-28(13-11-27)22-26-29-19(25-23(4,5)6)18(24-21(29)31-22)17-9-7-8-16(3)14-17/h7-9,14-15,25H,10-13H2,1-6H3. The number of rotatable bonds is 4. The number of imidazole rings is 1. The van der Waals surface area contributed by atoms with Gasteiger partial charge in [0.1, 0.15) is 5.69 Å². The lowest BCUT2D eigenvalue weighted by Crippen LogP contribution is -2.49. The van der Waals surface area contributed by atoms with E-state index in [2.05, 4.69) is 62.2 Å². The number of fused-ring (bicyclic) bond motifs is 1. The minimum Gasteiger partial charge on any atom is -0.364 e. The molecular weight excluding hydrogens is 408 g/mol. The summed E-state index contributed by atoms with van der Waals surface area (Å²) in [4.78, 5) is 22.3. The maximum absolute atomic E-state index is 12.3. The average molecular weight is 441 g/mol. The molecule has 3 heterocycles. The molecule has 2 aromatic heterocycles. The molecule has 7 nitrogen and oxygen atoms in total. The first-order valence-electron chi connectivity index (χ1n) is 10.9. The molecule has 3 aromatic rings. The second-order valence-corrected chi connectivity index (χ2v) is 10.5. The first-order chi connectivity index (χ1) is 14.6. The summed E-state index contributed by atoms with van der Waals surface area (Å²) in [5, 5.41) is 9.49. The first kappa shape index (κ1) is 21.6. The Morgan fingerprint density at radius 3 is 2.48 bits per heavy atom. The van der Waals surface area contributed by atoms with E-state index in [-0.39, 0.29) is 17.4 Å². The number of benzene rings is 1. The fraction of sp³-hybridized carbons (Fsp3) is 0.522. The first-order valence-corrected chi connectivity index (χ1v) is 11.7. The molecule has 0 aliphatic carbocycles. The summed E-state index contributed by atoms with van der Waals surface area (Å²) < 4.78 is 1.94. The third-order valence-corrected chi connectivity index (χ3v) is 6.30. The number of hydrogen-bond acceptors (Lipinski definition) is 6. The van der Waals surface area contributed by atoms with Crippen LogP contribution in [-0.4, -0.2) is 57.1 Å². The van der Waals surface area contributed by atoms with Crippen LogP contribution in [0.5, 0.6) is 0 Å². The monoisotopic (exact) mass is 440 g/mol. The maximum atomic E-state index is 12.3. The highest BCUT2D eigenvalue weighted by Gasteiger charge is 2.27. The Bertz CT molecular complexity index is 1090. The summed E-state index contributed by atoms with van der Waals surface area (Å²) in [5.74, 6) is 1.19. The Morgan fingerprint density at radius 2 is 1.87 bits per heavy atom. The number of anilines is 2. The number of nitrogens with zero attached hydrogens (tertiary/aromatic N) is 5. The third kappa shape index (κ3) is 4.54. The smallest absolute Gasteiger partial charge is 0.225 e. The number of piperazine rings is 1. The van der Waals surface area contributed by atoms with E-state index in [9.17, 15) is 4.79 Å². The second kappa shape index (κ2) is 8.15. The van der Waals surface area contributed by atoms with E-state index in [1.807, 2.05) is 23.3 Å². The Labute approximate surface area is 188 Å². The van der Waals surface area contributed by atoms with E-state index in [1.165, 1.54) is 5.56 Å². The quantitative estimate of drug-likeness (QED) is 0.656. The molecule has 1 saturated heterocycles. The predicted octanol–water partition coefficient (Wildman–Crippen LogP) is 4.28. The zero-order valence-corrected chi connectivity index (χ0v) is 20.1. The Balaban J connectivity index is 1.64. The molecule has 1 amide bonds. The molecule has 1 aliphatic heterocycles. The van der Waals surface area contributed by atoms with Gasteiger partial charge in [-0.05, 0) is 33.8 Å². The summed E-state index contributed by atoms with van der Waals surface area (Å²) in [6.45, 7) is 15.5. The fourth-order valence-corrected chi connectivity index (χ4v) is 4.76. The fourth-order valence-electron chi connectivity index (χ4n) is 3.81. The van der Waals surface area contributed by atoms with Crippen LogP contribution < -0.4 is 10.2 Å². The van der Waals surface area contributed by atoms with Crippen LogP contribution in [0.15, 0.2) is 24.3 Å². The van der Waals surface area contributed by atoms with Gasteiger partial charge < -0.3 is 15.1 Å². The zero-order valence-electron chi connectivity index (χ0n) is 19.3. The molecule has 1 aliphatic rings. The second-order valence-electron chi connectivity index (χ2n) is 9.60. The number of aromatic nitrogens is 3. The highest BCUT2D eigenvalue weighted by atomic mass is 32.1. The molecule has 0 unspecified atom stereocenters. The number of amides is 1. The van der Waals surface area contributed by atoms with Gasteiger partial charge in [-0.15, -0.1) is 5.10 Å². The highest BCUT2D eigenvalue weighted by molar-refractivity contribution is 7.20. The van der Waals surface area contributed by atoms with Crippen LogP contribution in [0.25, 0.3) is 16.2 Å². The molecule has 31 heavy (non-hydrogen) atoms. The van der Waals surface area contributed by atoms with Crippen molar-refractivity contribution < 1.29 is 4.79 Å². The molecule has 1 N–H and O–H groups in total. The normalized spacial score (nSPS) is 15.2. The van der Waals surface area contributed by atoms with Gasteiger partial charge in [0.05, 0.1) is 0 Å². The minimum absolute atomic E-state index is 0.0424. The molecular formula is C23H32N6OS. The summed E-state index contributed by atoms with van der Waals surface area (Å²) >= 11 is 1.60. The molecule has 0 spiro atoms. The highest BCUT2D eigenvalue weighted by Crippen LogP contribution is 2.35. The van der Waals surface area contributed by atoms with Crippen molar-refractivity contribution in [2.75, 3.05) is 36.4 Å². The average Bonchev–Trinajstić information content (AvgIpc) is 3.26. The van der Waals surface area contributed by atoms with Crippen LogP contribution in [-0.2, 0) is 4.79 Å². The lowest BCUT2D eigenvalue weighted by atomic mass is 10.1. The molecule has 1 aromatic carbocycles. The van der Waals surface area contributed by atoms with Gasteiger partial charge in [0.15, 0.2) is 5.82 Å². The van der Waals surface area contributed by atoms with Gasteiger partial charge >= 0.3 is 0 Å². The maximum Gasteiger partial charge on any atom is 0.225 e. The summed E-state index contributed by atoms with van der Waals surface area (Å²) in [6.07, 6.45) is 0. The van der Waals surface area contributed by atoms with Crippen LogP contribution in [0.1, 0.15) is 40.2 Å². The van der Waals surface area contributed by atoms with Crippen molar-refractivity contribution in [2.45, 2.75) is 47.1 Å². The SMILES string of the molecule is Cc1cccc(-c2nc3sc(N4CCN(C(=O)C(C)C)CC4)nn3c2NC(C)(C)C)c1. The molecule has 8 heteroatoms. The van der Waals surface area contributed by atoms with Crippen molar-refractivity contribution in [3.63, 3.8) is 0 Å². The van der Waals surface area contributed by atoms with Crippen LogP contribution >= 0.6 is 11.3 Å². The van der Waals surface area contributed by atoms with E-state index in [4.69, 9.17) is 10.1 Å². The molecule has 0 saturated carbocycles. The largest absolute Gasteiger partial charge is 0.364 e. The molecule has 0 bridgehead atoms. The van der Waals surface area contributed by atoms with Gasteiger partial charge in [0, 0.05) is 43.2 Å². The Morgan fingerprint density at radius 1 is 1.16 bits per heavy atom. The van der Waals surface area contributed by atoms with Crippen molar-refractivity contribution in [3.05, 3.63) is 29.8 Å². The molecule has 0 radical (unpaired) electrons. The Hall–Kier alpha value is -2.61. The molecule has 1 fully saturated rings. The molecule has 166 valence electrons. The van der Waals surface area contributed by atoms with Gasteiger partial charge in [-0.25, -0.2) is 4.98 Å². The molecule has 0 atom stereocenters. The summed E-state index contributed by atoms with van der Waals surface area (Å²) in [5.41, 5.74) is 3.10. The van der Waals surface area contributed by atoms with Gasteiger partial charge in [-0.2, -0.15) is 4.52 Å². The van der Waals surface area contributed by atoms with Gasteiger partial charge in [-0.1, -0.05) is 48.9 Å². The van der Waals surface area contributed by atoms with Crippen molar-refractivity contribution in [1.82, 2.24) is 19.5 Å². The van der Waals surface area contributed by atoms with E-state index in [1.54, 1.807) is 11.3 Å². The van der Waals surface area contributed by atoms with Gasteiger partial charge in [0.2, 0.25) is 16.0 Å². The number of aryl methyl sites for hydroxylation is 1. The van der Waals surface area contributed by atoms with Crippen LogP contribution in [0.4, 0.5) is 10.9 Å². The lowest BCUT2D eigenvalue weighted by Gasteiger charge is -2.35. The van der Waals surface area contributed by atoms with Gasteiger partial charge in [-0.3, -0.25) is 4.79 Å². The van der Waals surface area contributed by atoms with E-state index in [0.717, 1.165) is 53.3 Å². The molecule has 4 rings (SSSR count). The van der Waals surface area contributed by atoms with Crippen molar-refractivity contribution in [3.8, 4) is 11.3 Å². The van der Waals surface area contributed by atoms with Gasteiger partial charge in [0.25, 0.3) is 0 Å². The predicted molar refractivity (Wildman–Crippen MR) is 128 cm³/mol. The number of hydrogen-bond donors (Lipinski definition) is 1. The summed E-state index contributed by atoms with van der Waals surface area (Å²) in [6, 6.07) is 8.42. The van der Waals surface area contributed by atoms with E-state index >= 15 is 0 Å². The topological polar surface area (TPSA) is 65.8 Å². The van der Waals surface area contributed by atoms with Crippen molar-refractivity contribution in [2.24, 2.45) is 5.92 Å². The zero-order chi connectivity index (χ0) is 22.3. The third-order valence-electron chi connectivity index (χ3n) is 5.33. The number of nitrogens with one attached hydrogen (secondary N) is 1. The lowest BCUT2D eigenvalue weighted by molar-refractivity contribution is -0.134. The van der Waals surface area contributed by atoms with E-state index < -0.39 is 0 Å². The van der Waals surface area contributed by atoms with E-state index in [0.29, 0.717) is 0 Å². The van der Waals surface area contributed by atoms with Crippen LogP contribution in [0.2, 0.25) is 0 Å². The Kier molecular flexibility index (Phi) is 5.68. The number of carbonyl (C=O) groups excluding carboxylic acids is 1. The van der Waals surface area contributed by atoms with Crippen LogP contribution in [0, 0.1) is 12.8 Å². The number of carbonyl (C=O) groups is 1.